The van der Waals surface area contributed by atoms with Crippen LogP contribution in [0.25, 0.3) is 0 Å². The molecule has 10 heteroatoms. The number of aliphatic carboxylic acids is 1. The van der Waals surface area contributed by atoms with Gasteiger partial charge in [-0.05, 0) is 24.3 Å². The molecule has 1 heterocycles. The lowest BCUT2D eigenvalue weighted by Crippen LogP contribution is -2.41. The van der Waals surface area contributed by atoms with Crippen molar-refractivity contribution in [2.24, 2.45) is 0 Å². The Morgan fingerprint density at radius 3 is 2.33 bits per heavy atom. The van der Waals surface area contributed by atoms with Gasteiger partial charge in [-0.3, -0.25) is 4.79 Å². The number of carboxylic acid groups (broad SMARTS) is 1. The highest BCUT2D eigenvalue weighted by Crippen LogP contribution is 2.32. The Labute approximate surface area is 122 Å². The molecule has 0 aromatic heterocycles. The van der Waals surface area contributed by atoms with Crippen molar-refractivity contribution in [2.45, 2.75) is 17.1 Å². The van der Waals surface area contributed by atoms with Crippen molar-refractivity contribution in [3.8, 4) is 0 Å². The van der Waals surface area contributed by atoms with E-state index in [1.54, 1.807) is 0 Å². The number of benzene rings is 1. The van der Waals surface area contributed by atoms with Crippen LogP contribution in [0.3, 0.4) is 0 Å². The molecule has 2 rings (SSSR count). The van der Waals surface area contributed by atoms with E-state index in [1.807, 2.05) is 0 Å². The molecule has 1 N–H and O–H groups in total. The third-order valence-electron chi connectivity index (χ3n) is 2.92. The van der Waals surface area contributed by atoms with Gasteiger partial charge in [-0.15, -0.1) is 11.8 Å². The Hall–Kier alpha value is -1.26. The second kappa shape index (κ2) is 5.50. The monoisotopic (exact) mass is 341 g/mol. The van der Waals surface area contributed by atoms with Crippen LogP contribution < -0.4 is 0 Å². The summed E-state index contributed by atoms with van der Waals surface area (Å²) >= 11 is 1.13. The molecular formula is C11H10F3NO4S2. The topological polar surface area (TPSA) is 74.7 Å². The molecule has 1 aliphatic heterocycles. The first-order valence-electron chi connectivity index (χ1n) is 5.63. The van der Waals surface area contributed by atoms with Crippen molar-refractivity contribution < 1.29 is 31.5 Å². The number of thioether (sulfide) groups is 1. The zero-order valence-corrected chi connectivity index (χ0v) is 12.0. The van der Waals surface area contributed by atoms with Gasteiger partial charge in [-0.1, -0.05) is 0 Å². The van der Waals surface area contributed by atoms with E-state index < -0.39 is 33.8 Å². The zero-order chi connectivity index (χ0) is 15.8. The van der Waals surface area contributed by atoms with Crippen molar-refractivity contribution in [2.75, 3.05) is 11.6 Å². The third-order valence-corrected chi connectivity index (χ3v) is 5.96. The SMILES string of the molecule is O=C(O)C1CSCN1S(=O)(=O)c1ccc(C(F)(F)F)cc1. The van der Waals surface area contributed by atoms with Crippen LogP contribution in [0, 0.1) is 0 Å². The lowest BCUT2D eigenvalue weighted by Gasteiger charge is -2.20. The standard InChI is InChI=1S/C11H10F3NO4S2/c12-11(13,14)7-1-3-8(4-2-7)21(18,19)15-6-20-5-9(15)10(16)17/h1-4,9H,5-6H2,(H,16,17). The first kappa shape index (κ1) is 16.1. The maximum atomic E-state index is 12.4. The summed E-state index contributed by atoms with van der Waals surface area (Å²) in [7, 11) is -4.13. The van der Waals surface area contributed by atoms with Crippen molar-refractivity contribution >= 4 is 27.8 Å². The van der Waals surface area contributed by atoms with Gasteiger partial charge in [-0.2, -0.15) is 17.5 Å². The third kappa shape index (κ3) is 3.16. The molecule has 1 unspecified atom stereocenters. The molecule has 1 saturated heterocycles. The molecule has 0 radical (unpaired) electrons. The fraction of sp³-hybridized carbons (Fsp3) is 0.364. The summed E-state index contributed by atoms with van der Waals surface area (Å²) in [4.78, 5) is 10.7. The van der Waals surface area contributed by atoms with E-state index in [0.717, 1.165) is 28.2 Å². The van der Waals surface area contributed by atoms with Gasteiger partial charge in [0, 0.05) is 5.75 Å². The van der Waals surface area contributed by atoms with Crippen LogP contribution >= 0.6 is 11.8 Å². The number of carbonyl (C=O) groups is 1. The second-order valence-electron chi connectivity index (χ2n) is 4.27. The minimum atomic E-state index is -4.56. The molecule has 1 atom stereocenters. The summed E-state index contributed by atoms with van der Waals surface area (Å²) in [5, 5.41) is 8.98. The van der Waals surface area contributed by atoms with Gasteiger partial charge in [0.15, 0.2) is 0 Å². The average Bonchev–Trinajstić information content (AvgIpc) is 2.88. The molecule has 0 bridgehead atoms. The number of rotatable bonds is 3. The summed E-state index contributed by atoms with van der Waals surface area (Å²) in [6.07, 6.45) is -4.56. The van der Waals surface area contributed by atoms with Crippen molar-refractivity contribution in [3.63, 3.8) is 0 Å². The van der Waals surface area contributed by atoms with Gasteiger partial charge in [0.05, 0.1) is 16.3 Å². The molecular weight excluding hydrogens is 331 g/mol. The lowest BCUT2D eigenvalue weighted by molar-refractivity contribution is -0.140. The molecule has 21 heavy (non-hydrogen) atoms. The number of nitrogens with zero attached hydrogens (tertiary/aromatic N) is 1. The molecule has 0 aliphatic carbocycles. The second-order valence-corrected chi connectivity index (χ2v) is 7.16. The fourth-order valence-corrected chi connectivity index (χ4v) is 4.94. The van der Waals surface area contributed by atoms with E-state index >= 15 is 0 Å². The largest absolute Gasteiger partial charge is 0.480 e. The van der Waals surface area contributed by atoms with Crippen LogP contribution in [0.1, 0.15) is 5.56 Å². The number of sulfonamides is 1. The summed E-state index contributed by atoms with van der Waals surface area (Å²) in [5.41, 5.74) is -0.966. The number of hydrogen-bond donors (Lipinski definition) is 1. The van der Waals surface area contributed by atoms with Gasteiger partial charge >= 0.3 is 12.1 Å². The maximum absolute atomic E-state index is 12.4. The van der Waals surface area contributed by atoms with Crippen molar-refractivity contribution in [1.29, 1.82) is 0 Å². The number of halogens is 3. The Morgan fingerprint density at radius 1 is 1.29 bits per heavy atom. The van der Waals surface area contributed by atoms with Crippen LogP contribution in [-0.2, 0) is 21.0 Å². The molecule has 1 aromatic rings. The minimum Gasteiger partial charge on any atom is -0.480 e. The van der Waals surface area contributed by atoms with Crippen LogP contribution in [0.2, 0.25) is 0 Å². The van der Waals surface area contributed by atoms with Crippen LogP contribution in [0.5, 0.6) is 0 Å². The average molecular weight is 341 g/mol. The van der Waals surface area contributed by atoms with E-state index in [9.17, 15) is 26.4 Å². The quantitative estimate of drug-likeness (QED) is 0.908. The Morgan fingerprint density at radius 2 is 1.86 bits per heavy atom. The Balaban J connectivity index is 2.34. The molecule has 0 saturated carbocycles. The number of alkyl halides is 3. The van der Waals surface area contributed by atoms with E-state index in [-0.39, 0.29) is 16.5 Å². The summed E-state index contributed by atoms with van der Waals surface area (Å²) in [5.74, 6) is -1.22. The number of carboxylic acids is 1. The highest BCUT2D eigenvalue weighted by Gasteiger charge is 2.40. The first-order valence-corrected chi connectivity index (χ1v) is 8.23. The van der Waals surface area contributed by atoms with Crippen LogP contribution in [0.15, 0.2) is 29.2 Å². The van der Waals surface area contributed by atoms with Crippen molar-refractivity contribution in [1.82, 2.24) is 4.31 Å². The van der Waals surface area contributed by atoms with Crippen molar-refractivity contribution in [3.05, 3.63) is 29.8 Å². The summed E-state index contributed by atoms with van der Waals surface area (Å²) < 4.78 is 62.7. The maximum Gasteiger partial charge on any atom is 0.416 e. The molecule has 0 amide bonds. The van der Waals surface area contributed by atoms with Gasteiger partial charge < -0.3 is 5.11 Å². The van der Waals surface area contributed by atoms with E-state index in [4.69, 9.17) is 5.11 Å². The zero-order valence-electron chi connectivity index (χ0n) is 10.4. The molecule has 1 aromatic carbocycles. The van der Waals surface area contributed by atoms with Gasteiger partial charge in [0.2, 0.25) is 10.0 Å². The van der Waals surface area contributed by atoms with Crippen LogP contribution in [0.4, 0.5) is 13.2 Å². The predicted octanol–water partition coefficient (Wildman–Crippen LogP) is 1.85. The Kier molecular flexibility index (Phi) is 4.22. The molecule has 5 nitrogen and oxygen atoms in total. The molecule has 116 valence electrons. The van der Waals surface area contributed by atoms with E-state index in [1.165, 1.54) is 0 Å². The highest BCUT2D eigenvalue weighted by atomic mass is 32.2. The highest BCUT2D eigenvalue weighted by molar-refractivity contribution is 8.00. The Bertz CT molecular complexity index is 642. The summed E-state index contributed by atoms with van der Waals surface area (Å²) in [6, 6.07) is 1.78. The van der Waals surface area contributed by atoms with Gasteiger partial charge in [-0.25, -0.2) is 8.42 Å². The minimum absolute atomic E-state index is 0.0413. The van der Waals surface area contributed by atoms with E-state index in [2.05, 4.69) is 0 Å². The predicted molar refractivity (Wildman–Crippen MR) is 69.2 cm³/mol. The summed E-state index contributed by atoms with van der Waals surface area (Å²) in [6.45, 7) is 0. The lowest BCUT2D eigenvalue weighted by atomic mass is 10.2. The smallest absolute Gasteiger partial charge is 0.416 e. The number of hydrogen-bond acceptors (Lipinski definition) is 4. The fourth-order valence-electron chi connectivity index (χ4n) is 1.81. The molecule has 1 fully saturated rings. The van der Waals surface area contributed by atoms with E-state index in [0.29, 0.717) is 12.1 Å². The normalized spacial score (nSPS) is 20.6. The van der Waals surface area contributed by atoms with Gasteiger partial charge in [0.25, 0.3) is 0 Å². The molecule has 1 aliphatic rings. The van der Waals surface area contributed by atoms with Crippen LogP contribution in [-0.4, -0.2) is 41.5 Å². The molecule has 0 spiro atoms. The van der Waals surface area contributed by atoms with Gasteiger partial charge in [0.1, 0.15) is 6.04 Å². The first-order chi connectivity index (χ1) is 9.64.